The normalized spacial score (nSPS) is 19.4. The fourth-order valence-electron chi connectivity index (χ4n) is 3.14. The molecule has 25 heavy (non-hydrogen) atoms. The number of likely N-dealkylation sites (tertiary alicyclic amines) is 1. The van der Waals surface area contributed by atoms with Gasteiger partial charge in [-0.05, 0) is 52.3 Å². The van der Waals surface area contributed by atoms with Gasteiger partial charge in [0.2, 0.25) is 10.0 Å². The maximum atomic E-state index is 12.4. The molecular formula is C17H25N3O3S2. The molecule has 1 unspecified atom stereocenters. The largest absolute Gasteiger partial charge is 0.356 e. The lowest BCUT2D eigenvalue weighted by atomic mass is 10.0. The fourth-order valence-corrected chi connectivity index (χ4v) is 5.42. The highest BCUT2D eigenvalue weighted by Crippen LogP contribution is 2.28. The first-order chi connectivity index (χ1) is 12.0. The van der Waals surface area contributed by atoms with Crippen molar-refractivity contribution in [3.63, 3.8) is 0 Å². The van der Waals surface area contributed by atoms with E-state index in [4.69, 9.17) is 4.52 Å². The molecule has 0 aromatic carbocycles. The van der Waals surface area contributed by atoms with Crippen molar-refractivity contribution in [2.24, 2.45) is 0 Å². The van der Waals surface area contributed by atoms with Gasteiger partial charge >= 0.3 is 0 Å². The van der Waals surface area contributed by atoms with Crippen LogP contribution in [-0.2, 0) is 10.0 Å². The van der Waals surface area contributed by atoms with Crippen molar-refractivity contribution in [1.29, 1.82) is 0 Å². The standard InChI is InChI=1S/C17H25N3O3S2/c1-13-10-16(23-19-13)15-11-17(24-12-15)25(21,22)18-7-5-9-20-8-4-3-6-14(20)2/h10-12,14,18H,3-9H2,1-2H3. The Hall–Kier alpha value is -1.22. The van der Waals surface area contributed by atoms with Crippen molar-refractivity contribution in [3.8, 4) is 11.3 Å². The summed E-state index contributed by atoms with van der Waals surface area (Å²) in [6.45, 7) is 6.61. The molecule has 2 aromatic heterocycles. The van der Waals surface area contributed by atoms with Crippen LogP contribution in [0.2, 0.25) is 0 Å². The smallest absolute Gasteiger partial charge is 0.250 e. The summed E-state index contributed by atoms with van der Waals surface area (Å²) in [4.78, 5) is 2.45. The number of nitrogens with one attached hydrogen (secondary N) is 1. The first-order valence-corrected chi connectivity index (χ1v) is 11.1. The van der Waals surface area contributed by atoms with Crippen molar-refractivity contribution in [2.45, 2.75) is 49.8 Å². The van der Waals surface area contributed by atoms with E-state index in [9.17, 15) is 8.42 Å². The predicted octanol–water partition coefficient (Wildman–Crippen LogP) is 3.25. The molecule has 1 saturated heterocycles. The molecule has 3 rings (SSSR count). The van der Waals surface area contributed by atoms with E-state index >= 15 is 0 Å². The predicted molar refractivity (Wildman–Crippen MR) is 99.2 cm³/mol. The van der Waals surface area contributed by atoms with E-state index < -0.39 is 10.0 Å². The van der Waals surface area contributed by atoms with Gasteiger partial charge in [0.15, 0.2) is 5.76 Å². The van der Waals surface area contributed by atoms with Crippen LogP contribution >= 0.6 is 11.3 Å². The van der Waals surface area contributed by atoms with Crippen LogP contribution in [0.1, 0.15) is 38.3 Å². The summed E-state index contributed by atoms with van der Waals surface area (Å²) < 4.78 is 33.1. The second-order valence-electron chi connectivity index (χ2n) is 6.62. The average Bonchev–Trinajstić information content (AvgIpc) is 3.22. The number of thiophene rings is 1. The lowest BCUT2D eigenvalue weighted by Crippen LogP contribution is -2.39. The zero-order valence-corrected chi connectivity index (χ0v) is 16.3. The number of aromatic nitrogens is 1. The van der Waals surface area contributed by atoms with Crippen LogP contribution in [0, 0.1) is 6.92 Å². The zero-order chi connectivity index (χ0) is 17.9. The maximum Gasteiger partial charge on any atom is 0.250 e. The highest BCUT2D eigenvalue weighted by atomic mass is 32.2. The molecule has 2 aromatic rings. The Morgan fingerprint density at radius 1 is 1.40 bits per heavy atom. The maximum absolute atomic E-state index is 12.4. The number of nitrogens with zero attached hydrogens (tertiary/aromatic N) is 2. The summed E-state index contributed by atoms with van der Waals surface area (Å²) in [7, 11) is -3.47. The van der Waals surface area contributed by atoms with Gasteiger partial charge < -0.3 is 9.42 Å². The summed E-state index contributed by atoms with van der Waals surface area (Å²) in [5.74, 6) is 0.592. The van der Waals surface area contributed by atoms with Crippen molar-refractivity contribution in [3.05, 3.63) is 23.2 Å². The molecule has 1 fully saturated rings. The molecule has 1 atom stereocenters. The highest BCUT2D eigenvalue weighted by molar-refractivity contribution is 7.91. The van der Waals surface area contributed by atoms with Gasteiger partial charge in [-0.1, -0.05) is 11.6 Å². The molecule has 0 bridgehead atoms. The van der Waals surface area contributed by atoms with E-state index in [-0.39, 0.29) is 0 Å². The van der Waals surface area contributed by atoms with Crippen LogP contribution < -0.4 is 4.72 Å². The minimum atomic E-state index is -3.47. The molecule has 1 aliphatic heterocycles. The third-order valence-electron chi connectivity index (χ3n) is 4.61. The van der Waals surface area contributed by atoms with Crippen molar-refractivity contribution < 1.29 is 12.9 Å². The lowest BCUT2D eigenvalue weighted by molar-refractivity contribution is 0.159. The number of piperidine rings is 1. The highest BCUT2D eigenvalue weighted by Gasteiger charge is 2.20. The fraction of sp³-hybridized carbons (Fsp3) is 0.588. The molecule has 8 heteroatoms. The van der Waals surface area contributed by atoms with Crippen LogP contribution in [0.25, 0.3) is 11.3 Å². The quantitative estimate of drug-likeness (QED) is 0.743. The van der Waals surface area contributed by atoms with Gasteiger partial charge in [-0.2, -0.15) is 0 Å². The van der Waals surface area contributed by atoms with E-state index in [2.05, 4.69) is 21.7 Å². The van der Waals surface area contributed by atoms with Gasteiger partial charge in [0, 0.05) is 29.6 Å². The van der Waals surface area contributed by atoms with E-state index in [1.165, 1.54) is 30.6 Å². The van der Waals surface area contributed by atoms with Crippen molar-refractivity contribution >= 4 is 21.4 Å². The summed E-state index contributed by atoms with van der Waals surface area (Å²) in [5.41, 5.74) is 1.52. The number of aryl methyl sites for hydroxylation is 1. The van der Waals surface area contributed by atoms with E-state index in [1.807, 2.05) is 6.92 Å². The summed E-state index contributed by atoms with van der Waals surface area (Å²) in [6.07, 6.45) is 4.61. The molecule has 6 nitrogen and oxygen atoms in total. The third-order valence-corrected chi connectivity index (χ3v) is 7.51. The molecule has 138 valence electrons. The average molecular weight is 384 g/mol. The van der Waals surface area contributed by atoms with E-state index in [0.717, 1.165) is 30.8 Å². The van der Waals surface area contributed by atoms with Crippen LogP contribution in [0.15, 0.2) is 26.2 Å². The molecule has 1 N–H and O–H groups in total. The minimum Gasteiger partial charge on any atom is -0.356 e. The van der Waals surface area contributed by atoms with Crippen LogP contribution in [-0.4, -0.2) is 44.2 Å². The van der Waals surface area contributed by atoms with Crippen LogP contribution in [0.3, 0.4) is 0 Å². The van der Waals surface area contributed by atoms with E-state index in [0.29, 0.717) is 22.6 Å². The molecule has 1 aliphatic rings. The first kappa shape index (κ1) is 18.6. The summed E-state index contributed by atoms with van der Waals surface area (Å²) >= 11 is 1.20. The van der Waals surface area contributed by atoms with Crippen LogP contribution in [0.5, 0.6) is 0 Å². The van der Waals surface area contributed by atoms with E-state index in [1.54, 1.807) is 17.5 Å². The Labute approximate surface area is 153 Å². The van der Waals surface area contributed by atoms with Gasteiger partial charge in [0.1, 0.15) is 4.21 Å². The Bertz CT molecular complexity index is 798. The number of hydrogen-bond donors (Lipinski definition) is 1. The SMILES string of the molecule is Cc1cc(-c2csc(S(=O)(=O)NCCCN3CCCCC3C)c2)on1. The second kappa shape index (κ2) is 7.99. The molecule has 0 saturated carbocycles. The minimum absolute atomic E-state index is 0.308. The van der Waals surface area contributed by atoms with Gasteiger partial charge in [0.05, 0.1) is 5.69 Å². The van der Waals surface area contributed by atoms with Gasteiger partial charge in [-0.15, -0.1) is 11.3 Å². The van der Waals surface area contributed by atoms with Gasteiger partial charge in [-0.25, -0.2) is 13.1 Å². The first-order valence-electron chi connectivity index (χ1n) is 8.71. The molecule has 3 heterocycles. The molecule has 0 amide bonds. The summed E-state index contributed by atoms with van der Waals surface area (Å²) in [6, 6.07) is 4.04. The number of rotatable bonds is 7. The van der Waals surface area contributed by atoms with Gasteiger partial charge in [-0.3, -0.25) is 0 Å². The number of sulfonamides is 1. The monoisotopic (exact) mass is 383 g/mol. The molecular weight excluding hydrogens is 358 g/mol. The summed E-state index contributed by atoms with van der Waals surface area (Å²) in [5, 5.41) is 5.62. The molecule has 0 radical (unpaired) electrons. The molecule has 0 aliphatic carbocycles. The Balaban J connectivity index is 1.52. The number of hydrogen-bond acceptors (Lipinski definition) is 6. The molecule has 0 spiro atoms. The second-order valence-corrected chi connectivity index (χ2v) is 9.52. The van der Waals surface area contributed by atoms with Crippen LogP contribution in [0.4, 0.5) is 0 Å². The Morgan fingerprint density at radius 2 is 2.24 bits per heavy atom. The topological polar surface area (TPSA) is 75.4 Å². The van der Waals surface area contributed by atoms with Crippen molar-refractivity contribution in [1.82, 2.24) is 14.8 Å². The Morgan fingerprint density at radius 3 is 2.96 bits per heavy atom. The lowest BCUT2D eigenvalue weighted by Gasteiger charge is -2.33. The third kappa shape index (κ3) is 4.69. The van der Waals surface area contributed by atoms with Gasteiger partial charge in [0.25, 0.3) is 0 Å². The Kier molecular flexibility index (Phi) is 5.93. The van der Waals surface area contributed by atoms with Crippen molar-refractivity contribution in [2.75, 3.05) is 19.6 Å². The zero-order valence-electron chi connectivity index (χ0n) is 14.7.